The van der Waals surface area contributed by atoms with Gasteiger partial charge in [-0.1, -0.05) is 19.9 Å². The third-order valence-electron chi connectivity index (χ3n) is 4.55. The highest BCUT2D eigenvalue weighted by Crippen LogP contribution is 2.31. The van der Waals surface area contributed by atoms with Crippen LogP contribution in [0.2, 0.25) is 0 Å². The van der Waals surface area contributed by atoms with Crippen LogP contribution >= 0.6 is 0 Å². The second-order valence-corrected chi connectivity index (χ2v) is 6.44. The zero-order valence-electron chi connectivity index (χ0n) is 13.5. The molecule has 0 heterocycles. The number of nitrogens with one attached hydrogen (secondary N) is 2. The van der Waals surface area contributed by atoms with Gasteiger partial charge < -0.3 is 10.6 Å². The maximum Gasteiger partial charge on any atom is 0.251 e. The van der Waals surface area contributed by atoms with Crippen LogP contribution in [-0.2, 0) is 0 Å². The molecule has 0 spiro atoms. The molecule has 0 aromatic heterocycles. The van der Waals surface area contributed by atoms with Crippen LogP contribution in [-0.4, -0.2) is 18.5 Å². The molecule has 0 unspecified atom stereocenters. The fourth-order valence-corrected chi connectivity index (χ4v) is 3.18. The molecule has 0 atom stereocenters. The van der Waals surface area contributed by atoms with Crippen LogP contribution in [0.5, 0.6) is 0 Å². The number of rotatable bonds is 5. The van der Waals surface area contributed by atoms with Gasteiger partial charge in [-0.25, -0.2) is 0 Å². The van der Waals surface area contributed by atoms with E-state index in [0.29, 0.717) is 12.6 Å². The first-order valence-corrected chi connectivity index (χ1v) is 8.25. The van der Waals surface area contributed by atoms with E-state index < -0.39 is 0 Å². The minimum Gasteiger partial charge on any atom is -0.382 e. The summed E-state index contributed by atoms with van der Waals surface area (Å²) in [4.78, 5) is 11.9. The molecular weight excluding hydrogens is 260 g/mol. The number of benzene rings is 1. The molecule has 1 aromatic rings. The summed E-state index contributed by atoms with van der Waals surface area (Å²) in [5, 5.41) is 6.44. The van der Waals surface area contributed by atoms with Crippen molar-refractivity contribution in [3.05, 3.63) is 29.8 Å². The van der Waals surface area contributed by atoms with E-state index in [1.54, 1.807) is 0 Å². The van der Waals surface area contributed by atoms with Gasteiger partial charge >= 0.3 is 0 Å². The van der Waals surface area contributed by atoms with Crippen molar-refractivity contribution in [2.75, 3.05) is 11.9 Å². The van der Waals surface area contributed by atoms with Crippen LogP contribution in [0, 0.1) is 11.8 Å². The van der Waals surface area contributed by atoms with Gasteiger partial charge in [0.15, 0.2) is 0 Å². The van der Waals surface area contributed by atoms with Crippen LogP contribution in [0.1, 0.15) is 56.8 Å². The lowest BCUT2D eigenvalue weighted by atomic mass is 9.79. The number of carbonyl (C=O) groups is 1. The molecule has 3 nitrogen and oxygen atoms in total. The Bertz CT molecular complexity index is 462. The molecule has 0 radical (unpaired) electrons. The fourth-order valence-electron chi connectivity index (χ4n) is 3.18. The molecule has 1 aromatic carbocycles. The van der Waals surface area contributed by atoms with Crippen molar-refractivity contribution < 1.29 is 4.79 Å². The Balaban J connectivity index is 1.92. The molecule has 1 saturated carbocycles. The standard InChI is InChI=1S/C18H28N2O/c1-4-19-18(21)15-6-5-7-17(12-15)20-16-10-8-14(9-11-16)13(2)3/h5-7,12-14,16,20H,4,8-11H2,1-3H3,(H,19,21). The molecule has 1 amide bonds. The van der Waals surface area contributed by atoms with E-state index in [1.165, 1.54) is 25.7 Å². The molecule has 0 saturated heterocycles. The van der Waals surface area contributed by atoms with Crippen molar-refractivity contribution in [1.29, 1.82) is 0 Å². The Morgan fingerprint density at radius 1 is 1.24 bits per heavy atom. The highest BCUT2D eigenvalue weighted by atomic mass is 16.1. The minimum absolute atomic E-state index is 0.00432. The predicted octanol–water partition coefficient (Wildman–Crippen LogP) is 4.06. The van der Waals surface area contributed by atoms with Gasteiger partial charge in [-0.05, 0) is 62.6 Å². The third-order valence-corrected chi connectivity index (χ3v) is 4.55. The van der Waals surface area contributed by atoms with Gasteiger partial charge in [-0.2, -0.15) is 0 Å². The summed E-state index contributed by atoms with van der Waals surface area (Å²) in [5.74, 6) is 1.68. The lowest BCUT2D eigenvalue weighted by molar-refractivity contribution is 0.0956. The molecule has 1 fully saturated rings. The first-order valence-electron chi connectivity index (χ1n) is 8.25. The van der Waals surface area contributed by atoms with E-state index in [4.69, 9.17) is 0 Å². The SMILES string of the molecule is CCNC(=O)c1cccc(NC2CCC(C(C)C)CC2)c1. The lowest BCUT2D eigenvalue weighted by Crippen LogP contribution is -2.28. The van der Waals surface area contributed by atoms with Crippen molar-refractivity contribution in [1.82, 2.24) is 5.32 Å². The summed E-state index contributed by atoms with van der Waals surface area (Å²) in [6.45, 7) is 7.26. The third kappa shape index (κ3) is 4.48. The van der Waals surface area contributed by atoms with Crippen molar-refractivity contribution in [3.8, 4) is 0 Å². The van der Waals surface area contributed by atoms with Gasteiger partial charge in [0.1, 0.15) is 0 Å². The normalized spacial score (nSPS) is 22.1. The Labute approximate surface area is 128 Å². The molecule has 1 aliphatic rings. The first kappa shape index (κ1) is 15.9. The summed E-state index contributed by atoms with van der Waals surface area (Å²) in [6.07, 6.45) is 5.08. The number of carbonyl (C=O) groups excluding carboxylic acids is 1. The van der Waals surface area contributed by atoms with Gasteiger partial charge in [-0.3, -0.25) is 4.79 Å². The molecule has 2 rings (SSSR count). The average molecular weight is 288 g/mol. The quantitative estimate of drug-likeness (QED) is 0.857. The maximum atomic E-state index is 11.9. The number of hydrogen-bond acceptors (Lipinski definition) is 2. The van der Waals surface area contributed by atoms with Crippen LogP contribution in [0.15, 0.2) is 24.3 Å². The Morgan fingerprint density at radius 2 is 1.95 bits per heavy atom. The second-order valence-electron chi connectivity index (χ2n) is 6.44. The molecule has 2 N–H and O–H groups in total. The van der Waals surface area contributed by atoms with Gasteiger partial charge in [-0.15, -0.1) is 0 Å². The topological polar surface area (TPSA) is 41.1 Å². The van der Waals surface area contributed by atoms with Crippen LogP contribution in [0.4, 0.5) is 5.69 Å². The van der Waals surface area contributed by atoms with Gasteiger partial charge in [0, 0.05) is 23.8 Å². The molecule has 3 heteroatoms. The Morgan fingerprint density at radius 3 is 2.57 bits per heavy atom. The van der Waals surface area contributed by atoms with E-state index in [2.05, 4.69) is 30.5 Å². The predicted molar refractivity (Wildman–Crippen MR) is 88.7 cm³/mol. The van der Waals surface area contributed by atoms with Crippen molar-refractivity contribution in [2.24, 2.45) is 11.8 Å². The summed E-state index contributed by atoms with van der Waals surface area (Å²) >= 11 is 0. The van der Waals surface area contributed by atoms with E-state index in [1.807, 2.05) is 25.1 Å². The van der Waals surface area contributed by atoms with Crippen LogP contribution < -0.4 is 10.6 Å². The van der Waals surface area contributed by atoms with Crippen LogP contribution in [0.3, 0.4) is 0 Å². The lowest BCUT2D eigenvalue weighted by Gasteiger charge is -2.31. The molecule has 21 heavy (non-hydrogen) atoms. The van der Waals surface area contributed by atoms with Gasteiger partial charge in [0.2, 0.25) is 0 Å². The monoisotopic (exact) mass is 288 g/mol. The van der Waals surface area contributed by atoms with Crippen LogP contribution in [0.25, 0.3) is 0 Å². The second kappa shape index (κ2) is 7.48. The Kier molecular flexibility index (Phi) is 5.66. The van der Waals surface area contributed by atoms with E-state index >= 15 is 0 Å². The summed E-state index contributed by atoms with van der Waals surface area (Å²) < 4.78 is 0. The zero-order valence-corrected chi connectivity index (χ0v) is 13.5. The van der Waals surface area contributed by atoms with E-state index in [0.717, 1.165) is 23.1 Å². The Hall–Kier alpha value is -1.51. The average Bonchev–Trinajstić information content (AvgIpc) is 2.48. The number of amides is 1. The summed E-state index contributed by atoms with van der Waals surface area (Å²) in [5.41, 5.74) is 1.80. The summed E-state index contributed by atoms with van der Waals surface area (Å²) in [7, 11) is 0. The fraction of sp³-hybridized carbons (Fsp3) is 0.611. The molecule has 116 valence electrons. The maximum absolute atomic E-state index is 11.9. The zero-order chi connectivity index (χ0) is 15.2. The highest BCUT2D eigenvalue weighted by molar-refractivity contribution is 5.95. The molecule has 0 aliphatic heterocycles. The van der Waals surface area contributed by atoms with Crippen molar-refractivity contribution in [2.45, 2.75) is 52.5 Å². The highest BCUT2D eigenvalue weighted by Gasteiger charge is 2.23. The molecule has 1 aliphatic carbocycles. The number of hydrogen-bond donors (Lipinski definition) is 2. The molecular formula is C18H28N2O. The minimum atomic E-state index is 0.00432. The number of anilines is 1. The van der Waals surface area contributed by atoms with Gasteiger partial charge in [0.05, 0.1) is 0 Å². The largest absolute Gasteiger partial charge is 0.382 e. The first-order chi connectivity index (χ1) is 10.1. The van der Waals surface area contributed by atoms with Crippen molar-refractivity contribution >= 4 is 11.6 Å². The van der Waals surface area contributed by atoms with E-state index in [-0.39, 0.29) is 5.91 Å². The van der Waals surface area contributed by atoms with Crippen molar-refractivity contribution in [3.63, 3.8) is 0 Å². The molecule has 0 bridgehead atoms. The summed E-state index contributed by atoms with van der Waals surface area (Å²) in [6, 6.07) is 8.37. The smallest absolute Gasteiger partial charge is 0.251 e. The van der Waals surface area contributed by atoms with Gasteiger partial charge in [0.25, 0.3) is 5.91 Å². The van der Waals surface area contributed by atoms with E-state index in [9.17, 15) is 4.79 Å².